The van der Waals surface area contributed by atoms with Crippen molar-refractivity contribution in [1.29, 1.82) is 0 Å². The van der Waals surface area contributed by atoms with Gasteiger partial charge in [-0.2, -0.15) is 0 Å². The monoisotopic (exact) mass is 387 g/mol. The molecule has 1 aliphatic heterocycles. The van der Waals surface area contributed by atoms with Crippen LogP contribution in [0.25, 0.3) is 0 Å². The highest BCUT2D eigenvalue weighted by Crippen LogP contribution is 2.26. The zero-order valence-electron chi connectivity index (χ0n) is 14.4. The number of rotatable bonds is 6. The summed E-state index contributed by atoms with van der Waals surface area (Å²) in [6.07, 6.45) is 1.45. The second-order valence-electron chi connectivity index (χ2n) is 6.27. The van der Waals surface area contributed by atoms with E-state index in [2.05, 4.69) is 5.18 Å². The van der Waals surface area contributed by atoms with E-state index in [-0.39, 0.29) is 36.7 Å². The number of carbonyl (C=O) groups excluding carboxylic acids is 1. The van der Waals surface area contributed by atoms with Crippen molar-refractivity contribution in [1.82, 2.24) is 0 Å². The standard InChI is InChI=1S/C20H18ClNO5/c21-20-6-5-17(8-14(20)7-13-1-3-15(23)4-2-13)26-12-19-10-16(24)9-18(27-19)11-22-25/h1-6,8,11,19,23H,7,9-10,12H2/b18-11-. The molecule has 0 amide bonds. The predicted octanol–water partition coefficient (Wildman–Crippen LogP) is 4.37. The van der Waals surface area contributed by atoms with Gasteiger partial charge < -0.3 is 14.6 Å². The molecule has 3 rings (SSSR count). The van der Waals surface area contributed by atoms with Crippen molar-refractivity contribution in [2.75, 3.05) is 6.61 Å². The number of allylic oxidation sites excluding steroid dienone is 1. The van der Waals surface area contributed by atoms with E-state index >= 15 is 0 Å². The molecule has 0 radical (unpaired) electrons. The third-order valence-electron chi connectivity index (χ3n) is 4.13. The lowest BCUT2D eigenvalue weighted by Crippen LogP contribution is -2.29. The molecule has 1 aliphatic rings. The van der Waals surface area contributed by atoms with E-state index in [0.717, 1.165) is 17.3 Å². The van der Waals surface area contributed by atoms with Gasteiger partial charge in [0.15, 0.2) is 0 Å². The Kier molecular flexibility index (Phi) is 6.08. The van der Waals surface area contributed by atoms with Crippen LogP contribution in [0.3, 0.4) is 0 Å². The van der Waals surface area contributed by atoms with Crippen molar-refractivity contribution >= 4 is 17.4 Å². The quantitative estimate of drug-likeness (QED) is 0.744. The van der Waals surface area contributed by atoms with Crippen LogP contribution in [0.4, 0.5) is 0 Å². The minimum Gasteiger partial charge on any atom is -0.508 e. The van der Waals surface area contributed by atoms with Crippen LogP contribution in [0, 0.1) is 4.91 Å². The molecule has 0 aliphatic carbocycles. The number of nitrogens with zero attached hydrogens (tertiary/aromatic N) is 1. The number of phenols is 1. The zero-order valence-corrected chi connectivity index (χ0v) is 15.2. The summed E-state index contributed by atoms with van der Waals surface area (Å²) in [6.45, 7) is 0.169. The van der Waals surface area contributed by atoms with Crippen LogP contribution < -0.4 is 4.74 Å². The molecule has 2 aromatic carbocycles. The van der Waals surface area contributed by atoms with Gasteiger partial charge >= 0.3 is 0 Å². The van der Waals surface area contributed by atoms with Crippen molar-refractivity contribution in [2.24, 2.45) is 5.18 Å². The average Bonchev–Trinajstić information content (AvgIpc) is 2.64. The van der Waals surface area contributed by atoms with Crippen LogP contribution in [-0.4, -0.2) is 23.6 Å². The van der Waals surface area contributed by atoms with Crippen molar-refractivity contribution in [3.05, 3.63) is 75.5 Å². The van der Waals surface area contributed by atoms with E-state index in [1.807, 2.05) is 18.2 Å². The number of halogens is 1. The minimum absolute atomic E-state index is 0.0196. The maximum absolute atomic E-state index is 11.7. The van der Waals surface area contributed by atoms with Crippen LogP contribution in [0.1, 0.15) is 24.0 Å². The molecule has 6 nitrogen and oxygen atoms in total. The van der Waals surface area contributed by atoms with Crippen LogP contribution in [-0.2, 0) is 16.0 Å². The largest absolute Gasteiger partial charge is 0.508 e. The average molecular weight is 388 g/mol. The van der Waals surface area contributed by atoms with Gasteiger partial charge in [0.25, 0.3) is 0 Å². The van der Waals surface area contributed by atoms with Gasteiger partial charge in [0.1, 0.15) is 42.0 Å². The van der Waals surface area contributed by atoms with Crippen LogP contribution in [0.15, 0.2) is 59.6 Å². The lowest BCUT2D eigenvalue weighted by molar-refractivity contribution is -0.125. The normalized spacial score (nSPS) is 18.2. The fourth-order valence-electron chi connectivity index (χ4n) is 2.84. The third-order valence-corrected chi connectivity index (χ3v) is 4.49. The van der Waals surface area contributed by atoms with Crippen LogP contribution >= 0.6 is 11.6 Å². The first-order chi connectivity index (χ1) is 13.0. The Labute approximate surface area is 161 Å². The van der Waals surface area contributed by atoms with Crippen molar-refractivity contribution in [3.63, 3.8) is 0 Å². The Morgan fingerprint density at radius 1 is 1.26 bits per heavy atom. The smallest absolute Gasteiger partial charge is 0.144 e. The minimum atomic E-state index is -0.463. The number of aromatic hydroxyl groups is 1. The number of carbonyl (C=O) groups is 1. The molecular weight excluding hydrogens is 370 g/mol. The summed E-state index contributed by atoms with van der Waals surface area (Å²) in [5.74, 6) is 1.06. The molecular formula is C20H18ClNO5. The Balaban J connectivity index is 1.65. The first-order valence-electron chi connectivity index (χ1n) is 8.42. The number of benzene rings is 2. The van der Waals surface area contributed by atoms with Crippen molar-refractivity contribution < 1.29 is 19.4 Å². The molecule has 1 fully saturated rings. The molecule has 1 atom stereocenters. The number of phenolic OH excluding ortho intramolecular Hbond substituents is 1. The van der Waals surface area contributed by atoms with Gasteiger partial charge in [-0.05, 0) is 53.1 Å². The molecule has 0 saturated carbocycles. The lowest BCUT2D eigenvalue weighted by Gasteiger charge is -2.24. The van der Waals surface area contributed by atoms with Crippen molar-refractivity contribution in [3.8, 4) is 11.5 Å². The second-order valence-corrected chi connectivity index (χ2v) is 6.67. The SMILES string of the molecule is O=N/C=C1/CC(=O)CC(COc2ccc(Cl)c(Cc3ccc(O)cc3)c2)O1. The molecule has 0 spiro atoms. The molecule has 1 N–H and O–H groups in total. The topological polar surface area (TPSA) is 85.2 Å². The fraction of sp³-hybridized carbons (Fsp3) is 0.250. The second kappa shape index (κ2) is 8.68. The molecule has 1 unspecified atom stereocenters. The van der Waals surface area contributed by atoms with E-state index < -0.39 is 6.10 Å². The summed E-state index contributed by atoms with van der Waals surface area (Å²) < 4.78 is 11.3. The summed E-state index contributed by atoms with van der Waals surface area (Å²) in [7, 11) is 0. The maximum Gasteiger partial charge on any atom is 0.144 e. The lowest BCUT2D eigenvalue weighted by atomic mass is 10.0. The molecule has 1 heterocycles. The molecule has 140 valence electrons. The van der Waals surface area contributed by atoms with Crippen LogP contribution in [0.5, 0.6) is 11.5 Å². The number of hydrogen-bond acceptors (Lipinski definition) is 6. The van der Waals surface area contributed by atoms with Gasteiger partial charge in [-0.15, -0.1) is 4.91 Å². The van der Waals surface area contributed by atoms with Gasteiger partial charge in [0.05, 0.1) is 6.42 Å². The maximum atomic E-state index is 11.7. The number of hydrogen-bond donors (Lipinski definition) is 1. The summed E-state index contributed by atoms with van der Waals surface area (Å²) in [4.78, 5) is 22.1. The van der Waals surface area contributed by atoms with E-state index in [4.69, 9.17) is 21.1 Å². The zero-order chi connectivity index (χ0) is 19.2. The number of ether oxygens (including phenoxy) is 2. The Hall–Kier alpha value is -2.86. The van der Waals surface area contributed by atoms with E-state index in [9.17, 15) is 14.8 Å². The first kappa shape index (κ1) is 18.9. The van der Waals surface area contributed by atoms with Crippen molar-refractivity contribution in [2.45, 2.75) is 25.4 Å². The Morgan fingerprint density at radius 3 is 2.78 bits per heavy atom. The third kappa shape index (κ3) is 5.31. The summed E-state index contributed by atoms with van der Waals surface area (Å²) in [5, 5.41) is 12.6. The number of ketones is 1. The molecule has 0 bridgehead atoms. The Bertz CT molecular complexity index is 863. The van der Waals surface area contributed by atoms with E-state index in [1.165, 1.54) is 0 Å². The van der Waals surface area contributed by atoms with Gasteiger partial charge in [-0.3, -0.25) is 4.79 Å². The molecule has 7 heteroatoms. The summed E-state index contributed by atoms with van der Waals surface area (Å²) >= 11 is 6.28. The number of nitroso groups, excluding NO2 is 1. The van der Waals surface area contributed by atoms with E-state index in [1.54, 1.807) is 24.3 Å². The predicted molar refractivity (Wildman–Crippen MR) is 101 cm³/mol. The van der Waals surface area contributed by atoms with Gasteiger partial charge in [0, 0.05) is 11.4 Å². The molecule has 27 heavy (non-hydrogen) atoms. The number of Topliss-reactive ketones (excluding diaryl/α,β-unsaturated/α-hetero) is 1. The van der Waals surface area contributed by atoms with E-state index in [0.29, 0.717) is 17.2 Å². The van der Waals surface area contributed by atoms with Gasteiger partial charge in [-0.1, -0.05) is 23.7 Å². The summed E-state index contributed by atoms with van der Waals surface area (Å²) in [6, 6.07) is 12.2. The highest BCUT2D eigenvalue weighted by atomic mass is 35.5. The molecule has 2 aromatic rings. The highest BCUT2D eigenvalue weighted by Gasteiger charge is 2.25. The van der Waals surface area contributed by atoms with Crippen LogP contribution in [0.2, 0.25) is 5.02 Å². The first-order valence-corrected chi connectivity index (χ1v) is 8.80. The van der Waals surface area contributed by atoms with Gasteiger partial charge in [-0.25, -0.2) is 0 Å². The fourth-order valence-corrected chi connectivity index (χ4v) is 3.03. The molecule has 1 saturated heterocycles. The molecule has 0 aromatic heterocycles. The van der Waals surface area contributed by atoms with Gasteiger partial charge in [0.2, 0.25) is 0 Å². The Morgan fingerprint density at radius 2 is 2.04 bits per heavy atom. The summed E-state index contributed by atoms with van der Waals surface area (Å²) in [5.41, 5.74) is 1.88. The highest BCUT2D eigenvalue weighted by molar-refractivity contribution is 6.31.